The topological polar surface area (TPSA) is 56.8 Å². The zero-order chi connectivity index (χ0) is 21.4. The minimum absolute atomic E-state index is 0.312. The molecule has 5 nitrogen and oxygen atoms in total. The molecule has 2 atom stereocenters. The van der Waals surface area contributed by atoms with E-state index in [-0.39, 0.29) is 0 Å². The maximum Gasteiger partial charge on any atom is 0.224 e. The summed E-state index contributed by atoms with van der Waals surface area (Å²) in [6.07, 6.45) is 7.30. The van der Waals surface area contributed by atoms with Crippen LogP contribution in [0.3, 0.4) is 0 Å². The fraction of sp³-hybridized carbons (Fsp3) is 0.308. The SMILES string of the molecule is C[C@@H](NC1CCCc2c1[nH]c1ccc(-c3cnc(N(C)C)nc3)cc21)c1ccccc1. The van der Waals surface area contributed by atoms with Crippen molar-refractivity contribution < 1.29 is 0 Å². The molecule has 5 heteroatoms. The van der Waals surface area contributed by atoms with Gasteiger partial charge in [0.05, 0.1) is 0 Å². The van der Waals surface area contributed by atoms with E-state index in [1.54, 1.807) is 0 Å². The van der Waals surface area contributed by atoms with E-state index in [4.69, 9.17) is 0 Å². The molecule has 0 saturated carbocycles. The number of aromatic amines is 1. The van der Waals surface area contributed by atoms with Gasteiger partial charge < -0.3 is 15.2 Å². The van der Waals surface area contributed by atoms with Gasteiger partial charge in [0.15, 0.2) is 0 Å². The van der Waals surface area contributed by atoms with Crippen molar-refractivity contribution in [1.29, 1.82) is 0 Å². The molecule has 0 spiro atoms. The van der Waals surface area contributed by atoms with E-state index in [2.05, 4.69) is 75.7 Å². The third-order valence-corrected chi connectivity index (χ3v) is 6.33. The number of nitrogens with one attached hydrogen (secondary N) is 2. The highest BCUT2D eigenvalue weighted by Crippen LogP contribution is 2.37. The highest BCUT2D eigenvalue weighted by atomic mass is 15.2. The van der Waals surface area contributed by atoms with E-state index in [1.807, 2.05) is 31.4 Å². The molecule has 2 aromatic heterocycles. The van der Waals surface area contributed by atoms with Crippen LogP contribution in [0.4, 0.5) is 5.95 Å². The van der Waals surface area contributed by atoms with Crippen LogP contribution in [0.1, 0.15) is 48.7 Å². The molecule has 1 unspecified atom stereocenters. The maximum atomic E-state index is 4.48. The van der Waals surface area contributed by atoms with Crippen LogP contribution in [0.15, 0.2) is 60.9 Å². The summed E-state index contributed by atoms with van der Waals surface area (Å²) >= 11 is 0. The van der Waals surface area contributed by atoms with Crippen molar-refractivity contribution in [3.05, 3.63) is 77.7 Å². The molecule has 5 rings (SSSR count). The van der Waals surface area contributed by atoms with Gasteiger partial charge in [-0.25, -0.2) is 9.97 Å². The Kier molecular flexibility index (Phi) is 5.20. The van der Waals surface area contributed by atoms with E-state index in [0.717, 1.165) is 29.9 Å². The summed E-state index contributed by atoms with van der Waals surface area (Å²) in [6, 6.07) is 18.0. The Hall–Kier alpha value is -3.18. The number of anilines is 1. The minimum Gasteiger partial charge on any atom is -0.357 e. The molecule has 2 N–H and O–H groups in total. The summed E-state index contributed by atoms with van der Waals surface area (Å²) in [4.78, 5) is 14.6. The smallest absolute Gasteiger partial charge is 0.224 e. The average Bonchev–Trinajstić information content (AvgIpc) is 3.19. The van der Waals surface area contributed by atoms with Gasteiger partial charge in [0.2, 0.25) is 5.95 Å². The summed E-state index contributed by atoms with van der Waals surface area (Å²) in [5.74, 6) is 0.727. The fourth-order valence-electron chi connectivity index (χ4n) is 4.65. The molecule has 2 aromatic carbocycles. The maximum absolute atomic E-state index is 4.48. The van der Waals surface area contributed by atoms with Crippen molar-refractivity contribution in [2.24, 2.45) is 0 Å². The second-order valence-electron chi connectivity index (χ2n) is 8.69. The molecular formula is C26H29N5. The van der Waals surface area contributed by atoms with Gasteiger partial charge in [-0.15, -0.1) is 0 Å². The Morgan fingerprint density at radius 2 is 1.81 bits per heavy atom. The van der Waals surface area contributed by atoms with Crippen LogP contribution in [-0.4, -0.2) is 29.0 Å². The van der Waals surface area contributed by atoms with Gasteiger partial charge in [-0.05, 0) is 55.0 Å². The van der Waals surface area contributed by atoms with Crippen LogP contribution < -0.4 is 10.2 Å². The molecule has 0 fully saturated rings. The summed E-state index contributed by atoms with van der Waals surface area (Å²) in [5.41, 5.74) is 7.54. The monoisotopic (exact) mass is 411 g/mol. The number of aromatic nitrogens is 3. The zero-order valence-electron chi connectivity index (χ0n) is 18.4. The number of rotatable bonds is 5. The number of hydrogen-bond donors (Lipinski definition) is 2. The van der Waals surface area contributed by atoms with Crippen LogP contribution in [0, 0.1) is 0 Å². The fourth-order valence-corrected chi connectivity index (χ4v) is 4.65. The number of benzene rings is 2. The van der Waals surface area contributed by atoms with E-state index in [9.17, 15) is 0 Å². The lowest BCUT2D eigenvalue weighted by molar-refractivity contribution is 0.410. The Morgan fingerprint density at radius 1 is 1.03 bits per heavy atom. The van der Waals surface area contributed by atoms with Gasteiger partial charge in [-0.1, -0.05) is 36.4 Å². The Bertz CT molecular complexity index is 1180. The first-order chi connectivity index (χ1) is 15.1. The van der Waals surface area contributed by atoms with Crippen molar-refractivity contribution >= 4 is 16.9 Å². The standard InChI is InChI=1S/C26H29N5/c1-17(18-8-5-4-6-9-18)29-24-11-7-10-21-22-14-19(12-13-23(22)30-25(21)24)20-15-27-26(28-16-20)31(2)3/h4-6,8-9,12-17,24,29-30H,7,10-11H2,1-3H3/t17-,24?/m1/s1. The summed E-state index contributed by atoms with van der Waals surface area (Å²) < 4.78 is 0. The van der Waals surface area contributed by atoms with Crippen LogP contribution in [0.2, 0.25) is 0 Å². The molecule has 0 radical (unpaired) electrons. The number of fused-ring (bicyclic) bond motifs is 3. The predicted molar refractivity (Wildman–Crippen MR) is 127 cm³/mol. The molecule has 2 heterocycles. The zero-order valence-corrected chi connectivity index (χ0v) is 18.4. The largest absolute Gasteiger partial charge is 0.357 e. The van der Waals surface area contributed by atoms with Gasteiger partial charge in [-0.2, -0.15) is 0 Å². The Balaban J connectivity index is 1.46. The second-order valence-corrected chi connectivity index (χ2v) is 8.69. The highest BCUT2D eigenvalue weighted by molar-refractivity contribution is 5.89. The molecule has 31 heavy (non-hydrogen) atoms. The second kappa shape index (κ2) is 8.16. The molecule has 158 valence electrons. The lowest BCUT2D eigenvalue weighted by atomic mass is 9.90. The third-order valence-electron chi connectivity index (χ3n) is 6.33. The van der Waals surface area contributed by atoms with Crippen molar-refractivity contribution in [1.82, 2.24) is 20.3 Å². The lowest BCUT2D eigenvalue weighted by Crippen LogP contribution is -2.27. The molecule has 0 saturated heterocycles. The highest BCUT2D eigenvalue weighted by Gasteiger charge is 2.25. The van der Waals surface area contributed by atoms with Crippen LogP contribution in [0.25, 0.3) is 22.0 Å². The minimum atomic E-state index is 0.312. The number of aryl methyl sites for hydroxylation is 1. The van der Waals surface area contributed by atoms with Crippen LogP contribution in [0.5, 0.6) is 0 Å². The number of hydrogen-bond acceptors (Lipinski definition) is 4. The Morgan fingerprint density at radius 3 is 2.55 bits per heavy atom. The third kappa shape index (κ3) is 3.81. The van der Waals surface area contributed by atoms with Crippen molar-refractivity contribution in [2.75, 3.05) is 19.0 Å². The average molecular weight is 412 g/mol. The van der Waals surface area contributed by atoms with Gasteiger partial charge in [0, 0.05) is 60.7 Å². The summed E-state index contributed by atoms with van der Waals surface area (Å²) in [5, 5.41) is 5.18. The molecule has 1 aliphatic carbocycles. The number of nitrogens with zero attached hydrogens (tertiary/aromatic N) is 3. The molecule has 0 bridgehead atoms. The van der Waals surface area contributed by atoms with Crippen molar-refractivity contribution in [2.45, 2.75) is 38.3 Å². The first-order valence-electron chi connectivity index (χ1n) is 11.1. The van der Waals surface area contributed by atoms with Crippen molar-refractivity contribution in [3.8, 4) is 11.1 Å². The molecule has 1 aliphatic rings. The normalized spacial score (nSPS) is 16.8. The van der Waals surface area contributed by atoms with Crippen LogP contribution >= 0.6 is 0 Å². The van der Waals surface area contributed by atoms with E-state index >= 15 is 0 Å². The van der Waals surface area contributed by atoms with Crippen LogP contribution in [-0.2, 0) is 6.42 Å². The summed E-state index contributed by atoms with van der Waals surface area (Å²) in [7, 11) is 3.91. The summed E-state index contributed by atoms with van der Waals surface area (Å²) in [6.45, 7) is 2.25. The predicted octanol–water partition coefficient (Wildman–Crippen LogP) is 5.42. The van der Waals surface area contributed by atoms with Gasteiger partial charge >= 0.3 is 0 Å². The van der Waals surface area contributed by atoms with E-state index < -0.39 is 0 Å². The molecule has 0 amide bonds. The molecule has 0 aliphatic heterocycles. The van der Waals surface area contributed by atoms with Crippen molar-refractivity contribution in [3.63, 3.8) is 0 Å². The lowest BCUT2D eigenvalue weighted by Gasteiger charge is -2.27. The van der Waals surface area contributed by atoms with Gasteiger partial charge in [0.25, 0.3) is 0 Å². The quantitative estimate of drug-likeness (QED) is 0.460. The first-order valence-corrected chi connectivity index (χ1v) is 11.1. The van der Waals surface area contributed by atoms with Gasteiger partial charge in [0.1, 0.15) is 0 Å². The molecular weight excluding hydrogens is 382 g/mol. The molecule has 4 aromatic rings. The first kappa shape index (κ1) is 19.8. The Labute approximate surface area is 183 Å². The van der Waals surface area contributed by atoms with E-state index in [0.29, 0.717) is 12.1 Å². The van der Waals surface area contributed by atoms with Gasteiger partial charge in [-0.3, -0.25) is 0 Å². The van der Waals surface area contributed by atoms with E-state index in [1.165, 1.54) is 34.1 Å². The number of H-pyrrole nitrogens is 1.